The summed E-state index contributed by atoms with van der Waals surface area (Å²) < 4.78 is 5.18. The summed E-state index contributed by atoms with van der Waals surface area (Å²) in [6, 6.07) is 7.97. The quantitative estimate of drug-likeness (QED) is 0.923. The van der Waals surface area contributed by atoms with Crippen LogP contribution in [0.25, 0.3) is 0 Å². The molecule has 20 heavy (non-hydrogen) atoms. The van der Waals surface area contributed by atoms with E-state index in [2.05, 4.69) is 6.92 Å². The molecular formula is C15H23ClN2O2. The lowest BCUT2D eigenvalue weighted by molar-refractivity contribution is -0.131. The maximum atomic E-state index is 12.3. The fourth-order valence-corrected chi connectivity index (χ4v) is 2.72. The maximum absolute atomic E-state index is 12.3. The number of carbonyl (C=O) groups is 1. The standard InChI is InChI=1S/C15H22N2O2.ClH/c1-11-6-13(9-16)10-17(11)15(18)8-12-4-3-5-14(7-12)19-2;/h3-5,7,11,13H,6,8-10,16H2,1-2H3;1H. The van der Waals surface area contributed by atoms with E-state index >= 15 is 0 Å². The first-order valence-corrected chi connectivity index (χ1v) is 6.76. The molecular weight excluding hydrogens is 276 g/mol. The summed E-state index contributed by atoms with van der Waals surface area (Å²) in [6.45, 7) is 3.55. The predicted molar refractivity (Wildman–Crippen MR) is 82.3 cm³/mol. The number of rotatable bonds is 4. The molecule has 0 radical (unpaired) electrons. The minimum absolute atomic E-state index is 0. The molecule has 112 valence electrons. The monoisotopic (exact) mass is 298 g/mol. The molecule has 5 heteroatoms. The number of halogens is 1. The highest BCUT2D eigenvalue weighted by molar-refractivity contribution is 5.85. The van der Waals surface area contributed by atoms with Crippen molar-refractivity contribution in [1.82, 2.24) is 4.90 Å². The Bertz CT molecular complexity index is 453. The molecule has 1 heterocycles. The summed E-state index contributed by atoms with van der Waals surface area (Å²) >= 11 is 0. The van der Waals surface area contributed by atoms with Crippen LogP contribution in [0.15, 0.2) is 24.3 Å². The molecule has 1 aromatic carbocycles. The summed E-state index contributed by atoms with van der Waals surface area (Å²) in [4.78, 5) is 14.3. The van der Waals surface area contributed by atoms with E-state index in [1.54, 1.807) is 7.11 Å². The Balaban J connectivity index is 0.00000200. The first kappa shape index (κ1) is 16.8. The summed E-state index contributed by atoms with van der Waals surface area (Å²) in [5, 5.41) is 0. The highest BCUT2D eigenvalue weighted by Crippen LogP contribution is 2.23. The number of ether oxygens (including phenoxy) is 1. The molecule has 1 amide bonds. The van der Waals surface area contributed by atoms with Crippen molar-refractivity contribution in [3.8, 4) is 5.75 Å². The second kappa shape index (κ2) is 7.50. The van der Waals surface area contributed by atoms with E-state index in [9.17, 15) is 4.79 Å². The summed E-state index contributed by atoms with van der Waals surface area (Å²) in [5.74, 6) is 1.42. The molecule has 1 aromatic rings. The van der Waals surface area contributed by atoms with Gasteiger partial charge in [0.05, 0.1) is 13.5 Å². The number of hydrogen-bond donors (Lipinski definition) is 1. The van der Waals surface area contributed by atoms with Crippen molar-refractivity contribution in [1.29, 1.82) is 0 Å². The minimum Gasteiger partial charge on any atom is -0.497 e. The summed E-state index contributed by atoms with van der Waals surface area (Å²) in [6.07, 6.45) is 1.44. The van der Waals surface area contributed by atoms with Crippen LogP contribution >= 0.6 is 12.4 Å². The molecule has 0 aromatic heterocycles. The van der Waals surface area contributed by atoms with Gasteiger partial charge < -0.3 is 15.4 Å². The molecule has 1 saturated heterocycles. The van der Waals surface area contributed by atoms with Crippen molar-refractivity contribution in [2.75, 3.05) is 20.2 Å². The van der Waals surface area contributed by atoms with Gasteiger partial charge in [0.2, 0.25) is 5.91 Å². The molecule has 4 nitrogen and oxygen atoms in total. The minimum atomic E-state index is 0. The van der Waals surface area contributed by atoms with Crippen LogP contribution in [0.2, 0.25) is 0 Å². The van der Waals surface area contributed by atoms with Gasteiger partial charge in [0, 0.05) is 12.6 Å². The summed E-state index contributed by atoms with van der Waals surface area (Å²) in [7, 11) is 1.63. The number of nitrogens with zero attached hydrogens (tertiary/aromatic N) is 1. The fourth-order valence-electron chi connectivity index (χ4n) is 2.72. The van der Waals surface area contributed by atoms with Gasteiger partial charge >= 0.3 is 0 Å². The van der Waals surface area contributed by atoms with E-state index in [0.717, 1.165) is 24.3 Å². The van der Waals surface area contributed by atoms with Gasteiger partial charge in [-0.1, -0.05) is 12.1 Å². The van der Waals surface area contributed by atoms with Gasteiger partial charge in [-0.05, 0) is 43.5 Å². The Hall–Kier alpha value is -1.26. The Morgan fingerprint density at radius 2 is 2.25 bits per heavy atom. The van der Waals surface area contributed by atoms with Gasteiger partial charge in [0.1, 0.15) is 5.75 Å². The van der Waals surface area contributed by atoms with Crippen molar-refractivity contribution >= 4 is 18.3 Å². The first-order valence-electron chi connectivity index (χ1n) is 6.76. The first-order chi connectivity index (χ1) is 9.13. The number of hydrogen-bond acceptors (Lipinski definition) is 3. The van der Waals surface area contributed by atoms with Crippen LogP contribution in [-0.4, -0.2) is 37.0 Å². The van der Waals surface area contributed by atoms with Crippen LogP contribution in [-0.2, 0) is 11.2 Å². The number of amides is 1. The molecule has 0 bridgehead atoms. The third-order valence-electron chi connectivity index (χ3n) is 3.80. The van der Waals surface area contributed by atoms with Crippen LogP contribution in [0.3, 0.4) is 0 Å². The Labute approximate surface area is 126 Å². The van der Waals surface area contributed by atoms with E-state index < -0.39 is 0 Å². The van der Waals surface area contributed by atoms with Gasteiger partial charge in [-0.15, -0.1) is 12.4 Å². The van der Waals surface area contributed by atoms with Crippen molar-refractivity contribution < 1.29 is 9.53 Å². The second-order valence-corrected chi connectivity index (χ2v) is 5.26. The van der Waals surface area contributed by atoms with Crippen LogP contribution in [0.5, 0.6) is 5.75 Å². The lowest BCUT2D eigenvalue weighted by Gasteiger charge is -2.21. The van der Waals surface area contributed by atoms with Gasteiger partial charge in [-0.2, -0.15) is 0 Å². The molecule has 0 saturated carbocycles. The van der Waals surface area contributed by atoms with Crippen LogP contribution in [0, 0.1) is 5.92 Å². The van der Waals surface area contributed by atoms with Crippen LogP contribution < -0.4 is 10.5 Å². The van der Waals surface area contributed by atoms with E-state index in [1.807, 2.05) is 29.2 Å². The Morgan fingerprint density at radius 1 is 1.50 bits per heavy atom. The molecule has 2 N–H and O–H groups in total. The third kappa shape index (κ3) is 3.87. The lowest BCUT2D eigenvalue weighted by atomic mass is 10.1. The maximum Gasteiger partial charge on any atom is 0.227 e. The van der Waals surface area contributed by atoms with E-state index in [4.69, 9.17) is 10.5 Å². The number of benzene rings is 1. The molecule has 1 aliphatic heterocycles. The zero-order valence-corrected chi connectivity index (χ0v) is 12.9. The number of carbonyl (C=O) groups excluding carboxylic acids is 1. The largest absolute Gasteiger partial charge is 0.497 e. The fraction of sp³-hybridized carbons (Fsp3) is 0.533. The molecule has 0 aliphatic carbocycles. The zero-order chi connectivity index (χ0) is 13.8. The number of likely N-dealkylation sites (tertiary alicyclic amines) is 1. The zero-order valence-electron chi connectivity index (χ0n) is 12.0. The van der Waals surface area contributed by atoms with E-state index in [0.29, 0.717) is 24.9 Å². The average molecular weight is 299 g/mol. The van der Waals surface area contributed by atoms with E-state index in [-0.39, 0.29) is 18.3 Å². The number of nitrogens with two attached hydrogens (primary N) is 1. The Kier molecular flexibility index (Phi) is 6.30. The van der Waals surface area contributed by atoms with Gasteiger partial charge in [-0.25, -0.2) is 0 Å². The van der Waals surface area contributed by atoms with Crippen molar-refractivity contribution in [2.24, 2.45) is 11.7 Å². The second-order valence-electron chi connectivity index (χ2n) is 5.26. The predicted octanol–water partition coefficient (Wildman–Crippen LogP) is 1.86. The van der Waals surface area contributed by atoms with Crippen LogP contribution in [0.4, 0.5) is 0 Å². The third-order valence-corrected chi connectivity index (χ3v) is 3.80. The SMILES string of the molecule is COc1cccc(CC(=O)N2CC(CN)CC2C)c1.Cl. The highest BCUT2D eigenvalue weighted by Gasteiger charge is 2.31. The molecule has 2 unspecified atom stereocenters. The van der Waals surface area contributed by atoms with Gasteiger partial charge in [0.15, 0.2) is 0 Å². The summed E-state index contributed by atoms with van der Waals surface area (Å²) in [5.41, 5.74) is 6.69. The van der Waals surface area contributed by atoms with Crippen molar-refractivity contribution in [3.05, 3.63) is 29.8 Å². The molecule has 0 spiro atoms. The number of methoxy groups -OCH3 is 1. The molecule has 2 atom stereocenters. The van der Waals surface area contributed by atoms with Gasteiger partial charge in [0.25, 0.3) is 0 Å². The molecule has 2 rings (SSSR count). The smallest absolute Gasteiger partial charge is 0.227 e. The van der Waals surface area contributed by atoms with Crippen LogP contribution in [0.1, 0.15) is 18.9 Å². The van der Waals surface area contributed by atoms with Crippen molar-refractivity contribution in [3.63, 3.8) is 0 Å². The molecule has 1 fully saturated rings. The normalized spacial score (nSPS) is 21.4. The highest BCUT2D eigenvalue weighted by atomic mass is 35.5. The Morgan fingerprint density at radius 3 is 2.85 bits per heavy atom. The molecule has 1 aliphatic rings. The lowest BCUT2D eigenvalue weighted by Crippen LogP contribution is -2.35. The topological polar surface area (TPSA) is 55.6 Å². The van der Waals surface area contributed by atoms with Gasteiger partial charge in [-0.3, -0.25) is 4.79 Å². The van der Waals surface area contributed by atoms with E-state index in [1.165, 1.54) is 0 Å². The average Bonchev–Trinajstić information content (AvgIpc) is 2.80. The van der Waals surface area contributed by atoms with Crippen molar-refractivity contribution in [2.45, 2.75) is 25.8 Å².